The van der Waals surface area contributed by atoms with Crippen molar-refractivity contribution < 1.29 is 9.63 Å². The Morgan fingerprint density at radius 1 is 1.17 bits per heavy atom. The molecule has 0 radical (unpaired) electrons. The number of nitrogens with one attached hydrogen (secondary N) is 1. The second-order valence-electron chi connectivity index (χ2n) is 6.16. The van der Waals surface area contributed by atoms with E-state index in [1.807, 2.05) is 18.2 Å². The summed E-state index contributed by atoms with van der Waals surface area (Å²) in [5.41, 5.74) is 2.31. The molecule has 1 aliphatic heterocycles. The first-order chi connectivity index (χ1) is 11.3. The Morgan fingerprint density at radius 2 is 1.96 bits per heavy atom. The molecule has 0 spiro atoms. The normalized spacial score (nSPS) is 16.1. The van der Waals surface area contributed by atoms with Crippen molar-refractivity contribution in [3.63, 3.8) is 0 Å². The van der Waals surface area contributed by atoms with E-state index < -0.39 is 0 Å². The van der Waals surface area contributed by atoms with Gasteiger partial charge in [-0.05, 0) is 31.5 Å². The number of benzene rings is 1. The standard InChI is InChI=1S/C18H25N3O2/c22-11-10-21(13-15-4-2-1-3-5-15)14-17-12-18(20-23-17)16-6-8-19-9-7-16/h1-5,12,16,19,22H,6-11,13-14H2. The molecule has 23 heavy (non-hydrogen) atoms. The van der Waals surface area contributed by atoms with E-state index in [1.165, 1.54) is 5.56 Å². The summed E-state index contributed by atoms with van der Waals surface area (Å²) >= 11 is 0. The molecule has 1 aromatic heterocycles. The Morgan fingerprint density at radius 3 is 2.70 bits per heavy atom. The average molecular weight is 315 g/mol. The van der Waals surface area contributed by atoms with E-state index in [-0.39, 0.29) is 6.61 Å². The molecule has 5 heteroatoms. The zero-order valence-corrected chi connectivity index (χ0v) is 13.4. The molecule has 2 N–H and O–H groups in total. The van der Waals surface area contributed by atoms with Crippen LogP contribution in [0.4, 0.5) is 0 Å². The summed E-state index contributed by atoms with van der Waals surface area (Å²) in [6.45, 7) is 4.34. The van der Waals surface area contributed by atoms with Crippen molar-refractivity contribution in [3.8, 4) is 0 Å². The van der Waals surface area contributed by atoms with Crippen LogP contribution in [-0.2, 0) is 13.1 Å². The monoisotopic (exact) mass is 315 g/mol. The van der Waals surface area contributed by atoms with Gasteiger partial charge in [-0.3, -0.25) is 4.90 Å². The van der Waals surface area contributed by atoms with E-state index in [9.17, 15) is 5.11 Å². The number of aromatic nitrogens is 1. The predicted octanol–water partition coefficient (Wildman–Crippen LogP) is 2.14. The minimum Gasteiger partial charge on any atom is -0.395 e. The highest BCUT2D eigenvalue weighted by Crippen LogP contribution is 2.25. The van der Waals surface area contributed by atoms with Crippen molar-refractivity contribution in [2.45, 2.75) is 31.8 Å². The lowest BCUT2D eigenvalue weighted by atomic mass is 9.94. The summed E-state index contributed by atoms with van der Waals surface area (Å²) in [5.74, 6) is 1.39. The highest BCUT2D eigenvalue weighted by Gasteiger charge is 2.20. The minimum atomic E-state index is 0.141. The molecule has 2 heterocycles. The fourth-order valence-electron chi connectivity index (χ4n) is 3.13. The molecule has 0 aliphatic carbocycles. The fourth-order valence-corrected chi connectivity index (χ4v) is 3.13. The first kappa shape index (κ1) is 16.2. The Balaban J connectivity index is 1.62. The van der Waals surface area contributed by atoms with Crippen molar-refractivity contribution in [1.29, 1.82) is 0 Å². The number of hydrogen-bond donors (Lipinski definition) is 2. The van der Waals surface area contributed by atoms with Gasteiger partial charge in [0, 0.05) is 25.1 Å². The lowest BCUT2D eigenvalue weighted by molar-refractivity contribution is 0.170. The Kier molecular flexibility index (Phi) is 5.80. The van der Waals surface area contributed by atoms with Crippen LogP contribution < -0.4 is 5.32 Å². The van der Waals surface area contributed by atoms with Gasteiger partial charge in [0.05, 0.1) is 18.8 Å². The van der Waals surface area contributed by atoms with E-state index in [0.29, 0.717) is 19.0 Å². The van der Waals surface area contributed by atoms with Crippen LogP contribution >= 0.6 is 0 Å². The summed E-state index contributed by atoms with van der Waals surface area (Å²) < 4.78 is 5.54. The van der Waals surface area contributed by atoms with Gasteiger partial charge in [0.15, 0.2) is 5.76 Å². The van der Waals surface area contributed by atoms with Gasteiger partial charge in [0.25, 0.3) is 0 Å². The number of aliphatic hydroxyl groups is 1. The van der Waals surface area contributed by atoms with E-state index >= 15 is 0 Å². The van der Waals surface area contributed by atoms with Crippen LogP contribution in [0.2, 0.25) is 0 Å². The number of aliphatic hydroxyl groups excluding tert-OH is 1. The predicted molar refractivity (Wildman–Crippen MR) is 89.0 cm³/mol. The molecule has 1 aliphatic rings. The number of hydrogen-bond acceptors (Lipinski definition) is 5. The molecular weight excluding hydrogens is 290 g/mol. The number of piperidine rings is 1. The van der Waals surface area contributed by atoms with Gasteiger partial charge >= 0.3 is 0 Å². The van der Waals surface area contributed by atoms with E-state index in [1.54, 1.807) is 0 Å². The third-order valence-electron chi connectivity index (χ3n) is 4.38. The molecule has 3 rings (SSSR count). The second-order valence-corrected chi connectivity index (χ2v) is 6.16. The average Bonchev–Trinajstić information content (AvgIpc) is 3.05. The number of rotatable bonds is 7. The van der Waals surface area contributed by atoms with E-state index in [4.69, 9.17) is 4.52 Å². The van der Waals surface area contributed by atoms with Crippen LogP contribution in [0.15, 0.2) is 40.9 Å². The maximum atomic E-state index is 9.31. The van der Waals surface area contributed by atoms with Gasteiger partial charge in [0.2, 0.25) is 0 Å². The first-order valence-electron chi connectivity index (χ1n) is 8.38. The van der Waals surface area contributed by atoms with Gasteiger partial charge in [-0.25, -0.2) is 0 Å². The smallest absolute Gasteiger partial charge is 0.150 e. The summed E-state index contributed by atoms with van der Waals surface area (Å²) in [6.07, 6.45) is 2.24. The molecule has 0 bridgehead atoms. The molecule has 0 saturated carbocycles. The van der Waals surface area contributed by atoms with Crippen molar-refractivity contribution in [2.24, 2.45) is 0 Å². The summed E-state index contributed by atoms with van der Waals surface area (Å²) in [4.78, 5) is 2.18. The minimum absolute atomic E-state index is 0.141. The lowest BCUT2D eigenvalue weighted by Crippen LogP contribution is -2.27. The van der Waals surface area contributed by atoms with E-state index in [2.05, 4.69) is 33.6 Å². The maximum absolute atomic E-state index is 9.31. The van der Waals surface area contributed by atoms with Gasteiger partial charge in [-0.15, -0.1) is 0 Å². The van der Waals surface area contributed by atoms with Gasteiger partial charge in [0.1, 0.15) is 0 Å². The van der Waals surface area contributed by atoms with Gasteiger partial charge in [-0.2, -0.15) is 0 Å². The second kappa shape index (κ2) is 8.24. The highest BCUT2D eigenvalue weighted by molar-refractivity contribution is 5.15. The molecule has 124 valence electrons. The molecule has 1 fully saturated rings. The molecule has 1 saturated heterocycles. The molecule has 0 atom stereocenters. The molecule has 0 unspecified atom stereocenters. The fraction of sp³-hybridized carbons (Fsp3) is 0.500. The third kappa shape index (κ3) is 4.64. The zero-order chi connectivity index (χ0) is 15.9. The molecule has 0 amide bonds. The number of nitrogens with zero attached hydrogens (tertiary/aromatic N) is 2. The van der Waals surface area contributed by atoms with Crippen LogP contribution in [0, 0.1) is 0 Å². The van der Waals surface area contributed by atoms with Crippen molar-refractivity contribution in [1.82, 2.24) is 15.4 Å². The molecule has 1 aromatic carbocycles. The molecule has 2 aromatic rings. The Labute approximate surface area is 137 Å². The van der Waals surface area contributed by atoms with E-state index in [0.717, 1.165) is 43.9 Å². The van der Waals surface area contributed by atoms with Crippen LogP contribution in [-0.4, -0.2) is 41.4 Å². The lowest BCUT2D eigenvalue weighted by Gasteiger charge is -2.20. The van der Waals surface area contributed by atoms with Gasteiger partial charge < -0.3 is 14.9 Å². The molecule has 5 nitrogen and oxygen atoms in total. The Hall–Kier alpha value is -1.69. The van der Waals surface area contributed by atoms with Crippen molar-refractivity contribution in [3.05, 3.63) is 53.4 Å². The Bertz CT molecular complexity index is 579. The summed E-state index contributed by atoms with van der Waals surface area (Å²) in [6, 6.07) is 12.4. The highest BCUT2D eigenvalue weighted by atomic mass is 16.5. The third-order valence-corrected chi connectivity index (χ3v) is 4.38. The van der Waals surface area contributed by atoms with Crippen LogP contribution in [0.1, 0.15) is 35.8 Å². The largest absolute Gasteiger partial charge is 0.395 e. The quantitative estimate of drug-likeness (QED) is 0.820. The summed E-state index contributed by atoms with van der Waals surface area (Å²) in [7, 11) is 0. The van der Waals surface area contributed by atoms with Crippen LogP contribution in [0.25, 0.3) is 0 Å². The summed E-state index contributed by atoms with van der Waals surface area (Å²) in [5, 5.41) is 16.9. The zero-order valence-electron chi connectivity index (χ0n) is 13.4. The maximum Gasteiger partial charge on any atom is 0.150 e. The van der Waals surface area contributed by atoms with Crippen molar-refractivity contribution in [2.75, 3.05) is 26.2 Å². The SMILES string of the molecule is OCCN(Cc1ccccc1)Cc1cc(C2CCNCC2)no1. The van der Waals surface area contributed by atoms with Crippen LogP contribution in [0.5, 0.6) is 0 Å². The van der Waals surface area contributed by atoms with Gasteiger partial charge in [-0.1, -0.05) is 35.5 Å². The topological polar surface area (TPSA) is 61.5 Å². The molecular formula is C18H25N3O2. The first-order valence-corrected chi connectivity index (χ1v) is 8.38. The van der Waals surface area contributed by atoms with Crippen LogP contribution in [0.3, 0.4) is 0 Å². The van der Waals surface area contributed by atoms with Crippen molar-refractivity contribution >= 4 is 0 Å².